The van der Waals surface area contributed by atoms with Crippen molar-refractivity contribution >= 4 is 29.0 Å². The van der Waals surface area contributed by atoms with Crippen LogP contribution in [0.1, 0.15) is 0 Å². The van der Waals surface area contributed by atoms with Gasteiger partial charge in [-0.15, -0.1) is 0 Å². The van der Waals surface area contributed by atoms with Crippen molar-refractivity contribution in [3.05, 3.63) is 29.3 Å². The third-order valence-corrected chi connectivity index (χ3v) is 1.79. The lowest BCUT2D eigenvalue weighted by atomic mass is 10.3. The zero-order chi connectivity index (χ0) is 10.6. The summed E-state index contributed by atoms with van der Waals surface area (Å²) < 4.78 is 0. The fourth-order valence-electron chi connectivity index (χ4n) is 0.794. The van der Waals surface area contributed by atoms with Gasteiger partial charge >= 0.3 is 0 Å². The molecule has 0 saturated carbocycles. The van der Waals surface area contributed by atoms with E-state index in [1.165, 1.54) is 0 Å². The second kappa shape index (κ2) is 4.48. The molecule has 0 fully saturated rings. The van der Waals surface area contributed by atoms with E-state index in [0.717, 1.165) is 0 Å². The minimum Gasteiger partial charge on any atom is -0.409 e. The average molecular weight is 214 g/mol. The Hall–Kier alpha value is -1.75. The molecule has 5 nitrogen and oxygen atoms in total. The van der Waals surface area contributed by atoms with Crippen LogP contribution in [0.25, 0.3) is 0 Å². The Balaban J connectivity index is 2.80. The van der Waals surface area contributed by atoms with Gasteiger partial charge in [0.15, 0.2) is 0 Å². The van der Waals surface area contributed by atoms with E-state index < -0.39 is 11.7 Å². The molecule has 74 valence electrons. The second-order valence-corrected chi connectivity index (χ2v) is 2.83. The van der Waals surface area contributed by atoms with Crippen molar-refractivity contribution in [2.24, 2.45) is 10.9 Å². The van der Waals surface area contributed by atoms with Gasteiger partial charge < -0.3 is 16.3 Å². The van der Waals surface area contributed by atoms with Gasteiger partial charge in [0.1, 0.15) is 0 Å². The van der Waals surface area contributed by atoms with E-state index in [-0.39, 0.29) is 0 Å². The monoisotopic (exact) mass is 213 g/mol. The number of carbonyl (C=O) groups is 1. The molecule has 0 aromatic heterocycles. The smallest absolute Gasteiger partial charge is 0.294 e. The SMILES string of the molecule is N/C(=N/O)C(=O)Nc1ccccc1Cl. The highest BCUT2D eigenvalue weighted by Gasteiger charge is 2.09. The van der Waals surface area contributed by atoms with E-state index in [2.05, 4.69) is 10.5 Å². The van der Waals surface area contributed by atoms with Crippen molar-refractivity contribution in [2.75, 3.05) is 5.32 Å². The lowest BCUT2D eigenvalue weighted by molar-refractivity contribution is -0.110. The van der Waals surface area contributed by atoms with E-state index in [0.29, 0.717) is 10.7 Å². The quantitative estimate of drug-likeness (QED) is 0.282. The fourth-order valence-corrected chi connectivity index (χ4v) is 0.977. The number of nitrogens with two attached hydrogens (primary N) is 1. The third-order valence-electron chi connectivity index (χ3n) is 1.46. The summed E-state index contributed by atoms with van der Waals surface area (Å²) in [5, 5.41) is 13.5. The number of anilines is 1. The predicted molar refractivity (Wildman–Crippen MR) is 53.5 cm³/mol. The van der Waals surface area contributed by atoms with Crippen LogP contribution in [0.2, 0.25) is 5.02 Å². The summed E-state index contributed by atoms with van der Waals surface area (Å²) in [4.78, 5) is 11.1. The number of nitrogens with one attached hydrogen (secondary N) is 1. The van der Waals surface area contributed by atoms with E-state index in [1.54, 1.807) is 24.3 Å². The van der Waals surface area contributed by atoms with Crippen LogP contribution < -0.4 is 11.1 Å². The Morgan fingerprint density at radius 3 is 2.71 bits per heavy atom. The zero-order valence-corrected chi connectivity index (χ0v) is 7.82. The Morgan fingerprint density at radius 2 is 2.14 bits per heavy atom. The molecule has 1 amide bonds. The first-order valence-electron chi connectivity index (χ1n) is 3.68. The first-order valence-corrected chi connectivity index (χ1v) is 4.06. The van der Waals surface area contributed by atoms with Crippen LogP contribution in [-0.4, -0.2) is 17.0 Å². The molecular formula is C8H8ClN3O2. The lowest BCUT2D eigenvalue weighted by Crippen LogP contribution is -2.30. The highest BCUT2D eigenvalue weighted by molar-refractivity contribution is 6.42. The summed E-state index contributed by atoms with van der Waals surface area (Å²) in [5.41, 5.74) is 5.47. The van der Waals surface area contributed by atoms with Crippen LogP contribution in [0.3, 0.4) is 0 Å². The van der Waals surface area contributed by atoms with Crippen LogP contribution in [0.4, 0.5) is 5.69 Å². The van der Waals surface area contributed by atoms with Gasteiger partial charge in [-0.3, -0.25) is 4.79 Å². The molecule has 4 N–H and O–H groups in total. The number of hydrogen-bond acceptors (Lipinski definition) is 3. The molecule has 0 saturated heterocycles. The maximum atomic E-state index is 11.1. The fraction of sp³-hybridized carbons (Fsp3) is 0. The summed E-state index contributed by atoms with van der Waals surface area (Å²) in [6, 6.07) is 6.64. The largest absolute Gasteiger partial charge is 0.409 e. The van der Waals surface area contributed by atoms with Crippen LogP contribution in [-0.2, 0) is 4.79 Å². The summed E-state index contributed by atoms with van der Waals surface area (Å²) in [5.74, 6) is -1.23. The number of para-hydroxylation sites is 1. The molecule has 0 aliphatic carbocycles. The normalized spacial score (nSPS) is 11.1. The van der Waals surface area contributed by atoms with Crippen molar-refractivity contribution in [1.82, 2.24) is 0 Å². The van der Waals surface area contributed by atoms with Crippen LogP contribution >= 0.6 is 11.6 Å². The minimum atomic E-state index is -0.708. The Bertz CT molecular complexity index is 379. The van der Waals surface area contributed by atoms with Crippen LogP contribution in [0, 0.1) is 0 Å². The number of nitrogens with zero attached hydrogens (tertiary/aromatic N) is 1. The number of carbonyl (C=O) groups excluding carboxylic acids is 1. The number of benzene rings is 1. The zero-order valence-electron chi connectivity index (χ0n) is 7.07. The summed E-state index contributed by atoms with van der Waals surface area (Å²) in [6.45, 7) is 0. The lowest BCUT2D eigenvalue weighted by Gasteiger charge is -2.04. The number of rotatable bonds is 1. The van der Waals surface area contributed by atoms with Gasteiger partial charge in [0.25, 0.3) is 5.91 Å². The molecule has 0 radical (unpaired) electrons. The molecule has 0 atom stereocenters. The van der Waals surface area contributed by atoms with Gasteiger partial charge in [-0.1, -0.05) is 28.9 Å². The average Bonchev–Trinajstić information content (AvgIpc) is 2.20. The Labute approximate surface area is 85.2 Å². The van der Waals surface area contributed by atoms with Gasteiger partial charge in [0.05, 0.1) is 10.7 Å². The molecule has 1 aromatic rings. The molecule has 0 aliphatic rings. The number of amides is 1. The van der Waals surface area contributed by atoms with Gasteiger partial charge in [0, 0.05) is 0 Å². The van der Waals surface area contributed by atoms with E-state index in [4.69, 9.17) is 22.5 Å². The molecule has 0 unspecified atom stereocenters. The molecular weight excluding hydrogens is 206 g/mol. The maximum absolute atomic E-state index is 11.1. The highest BCUT2D eigenvalue weighted by Crippen LogP contribution is 2.19. The number of oxime groups is 1. The van der Waals surface area contributed by atoms with Gasteiger partial charge in [-0.25, -0.2) is 0 Å². The highest BCUT2D eigenvalue weighted by atomic mass is 35.5. The van der Waals surface area contributed by atoms with Gasteiger partial charge in [0.2, 0.25) is 5.84 Å². The number of hydrogen-bond donors (Lipinski definition) is 3. The second-order valence-electron chi connectivity index (χ2n) is 2.42. The Morgan fingerprint density at radius 1 is 1.50 bits per heavy atom. The molecule has 1 aromatic carbocycles. The van der Waals surface area contributed by atoms with Crippen molar-refractivity contribution < 1.29 is 10.0 Å². The molecule has 0 heterocycles. The maximum Gasteiger partial charge on any atom is 0.294 e. The van der Waals surface area contributed by atoms with Crippen LogP contribution in [0.15, 0.2) is 29.4 Å². The van der Waals surface area contributed by atoms with Gasteiger partial charge in [-0.05, 0) is 12.1 Å². The minimum absolute atomic E-state index is 0.381. The topological polar surface area (TPSA) is 87.7 Å². The number of amidine groups is 1. The Kier molecular flexibility index (Phi) is 3.30. The molecule has 14 heavy (non-hydrogen) atoms. The van der Waals surface area contributed by atoms with Crippen molar-refractivity contribution in [3.63, 3.8) is 0 Å². The number of halogens is 1. The molecule has 6 heteroatoms. The van der Waals surface area contributed by atoms with Gasteiger partial charge in [-0.2, -0.15) is 0 Å². The van der Waals surface area contributed by atoms with Crippen molar-refractivity contribution in [1.29, 1.82) is 0 Å². The first kappa shape index (κ1) is 10.3. The standard InChI is InChI=1S/C8H8ClN3O2/c9-5-3-1-2-4-6(5)11-8(13)7(10)12-14/h1-4,14H,(H2,10,12)(H,11,13). The molecule has 0 aliphatic heterocycles. The van der Waals surface area contributed by atoms with E-state index in [9.17, 15) is 4.79 Å². The molecule has 0 bridgehead atoms. The van der Waals surface area contributed by atoms with Crippen molar-refractivity contribution in [2.45, 2.75) is 0 Å². The first-order chi connectivity index (χ1) is 6.65. The molecule has 1 rings (SSSR count). The summed E-state index contributed by atoms with van der Waals surface area (Å²) >= 11 is 5.76. The third kappa shape index (κ3) is 2.37. The van der Waals surface area contributed by atoms with Crippen molar-refractivity contribution in [3.8, 4) is 0 Å². The van der Waals surface area contributed by atoms with Crippen LogP contribution in [0.5, 0.6) is 0 Å². The van der Waals surface area contributed by atoms with E-state index >= 15 is 0 Å². The molecule has 0 spiro atoms. The summed E-state index contributed by atoms with van der Waals surface area (Å²) in [7, 11) is 0. The predicted octanol–water partition coefficient (Wildman–Crippen LogP) is 1.02. The summed E-state index contributed by atoms with van der Waals surface area (Å²) in [6.07, 6.45) is 0. The van der Waals surface area contributed by atoms with E-state index in [1.807, 2.05) is 0 Å².